The van der Waals surface area contributed by atoms with E-state index in [0.29, 0.717) is 24.9 Å². The lowest BCUT2D eigenvalue weighted by Crippen LogP contribution is -2.46. The molecule has 0 radical (unpaired) electrons. The molecule has 2 N–H and O–H groups in total. The summed E-state index contributed by atoms with van der Waals surface area (Å²) in [6, 6.07) is 0. The second-order valence-corrected chi connectivity index (χ2v) is 8.21. The molecular weight excluding hydrogens is 274 g/mol. The molecule has 1 saturated heterocycles. The molecular formula is C14H29N3O2S. The Bertz CT molecular complexity index is 380. The van der Waals surface area contributed by atoms with Crippen LogP contribution in [0, 0.1) is 11.8 Å². The van der Waals surface area contributed by atoms with Crippen LogP contribution >= 0.6 is 0 Å². The van der Waals surface area contributed by atoms with Gasteiger partial charge in [0, 0.05) is 39.3 Å². The van der Waals surface area contributed by atoms with Gasteiger partial charge in [-0.15, -0.1) is 0 Å². The zero-order valence-electron chi connectivity index (χ0n) is 12.6. The van der Waals surface area contributed by atoms with E-state index in [2.05, 4.69) is 21.9 Å². The Morgan fingerprint density at radius 3 is 2.60 bits per heavy atom. The zero-order valence-corrected chi connectivity index (χ0v) is 13.4. The van der Waals surface area contributed by atoms with Crippen LogP contribution in [0.1, 0.15) is 32.6 Å². The van der Waals surface area contributed by atoms with Crippen molar-refractivity contribution < 1.29 is 8.42 Å². The van der Waals surface area contributed by atoms with Gasteiger partial charge in [-0.25, -0.2) is 13.1 Å². The summed E-state index contributed by atoms with van der Waals surface area (Å²) in [7, 11) is -3.12. The normalized spacial score (nSPS) is 29.4. The lowest BCUT2D eigenvalue weighted by molar-refractivity contribution is 0.251. The molecule has 5 nitrogen and oxygen atoms in total. The summed E-state index contributed by atoms with van der Waals surface area (Å²) in [6.45, 7) is 7.37. The Balaban J connectivity index is 1.70. The van der Waals surface area contributed by atoms with E-state index in [4.69, 9.17) is 0 Å². The molecule has 1 aliphatic heterocycles. The van der Waals surface area contributed by atoms with Crippen molar-refractivity contribution in [3.63, 3.8) is 0 Å². The molecule has 2 unspecified atom stereocenters. The molecule has 0 aromatic carbocycles. The minimum atomic E-state index is -3.12. The standard InChI is InChI=1S/C14H29N3O2S/c1-13-4-2-3-5-14(13)12-16-20(18,19)11-10-17-8-6-15-7-9-17/h13-16H,2-12H2,1H3. The van der Waals surface area contributed by atoms with E-state index >= 15 is 0 Å². The molecule has 0 spiro atoms. The highest BCUT2D eigenvalue weighted by atomic mass is 32.2. The van der Waals surface area contributed by atoms with Gasteiger partial charge in [0.25, 0.3) is 0 Å². The fourth-order valence-corrected chi connectivity index (χ4v) is 4.30. The molecule has 20 heavy (non-hydrogen) atoms. The Kier molecular flexibility index (Phi) is 6.26. The van der Waals surface area contributed by atoms with Crippen LogP contribution in [0.2, 0.25) is 0 Å². The van der Waals surface area contributed by atoms with Crippen molar-refractivity contribution in [1.29, 1.82) is 0 Å². The van der Waals surface area contributed by atoms with E-state index in [-0.39, 0.29) is 5.75 Å². The summed E-state index contributed by atoms with van der Waals surface area (Å²) in [5.74, 6) is 1.41. The van der Waals surface area contributed by atoms with Gasteiger partial charge < -0.3 is 5.32 Å². The first-order valence-electron chi connectivity index (χ1n) is 7.97. The van der Waals surface area contributed by atoms with Gasteiger partial charge in [0.1, 0.15) is 0 Å². The topological polar surface area (TPSA) is 61.4 Å². The molecule has 2 rings (SSSR count). The van der Waals surface area contributed by atoms with Gasteiger partial charge in [-0.05, 0) is 18.3 Å². The summed E-state index contributed by atoms with van der Waals surface area (Å²) in [6.07, 6.45) is 4.96. The van der Waals surface area contributed by atoms with Crippen LogP contribution in [0.5, 0.6) is 0 Å². The van der Waals surface area contributed by atoms with Gasteiger partial charge in [-0.1, -0.05) is 26.2 Å². The lowest BCUT2D eigenvalue weighted by Gasteiger charge is -2.29. The van der Waals surface area contributed by atoms with E-state index < -0.39 is 10.0 Å². The fourth-order valence-electron chi connectivity index (χ4n) is 3.19. The summed E-state index contributed by atoms with van der Waals surface area (Å²) < 4.78 is 27.0. The zero-order chi connectivity index (χ0) is 14.4. The number of hydrogen-bond donors (Lipinski definition) is 2. The highest BCUT2D eigenvalue weighted by Crippen LogP contribution is 2.28. The van der Waals surface area contributed by atoms with Crippen LogP contribution in [0.4, 0.5) is 0 Å². The van der Waals surface area contributed by atoms with Crippen molar-refractivity contribution in [1.82, 2.24) is 14.9 Å². The van der Waals surface area contributed by atoms with E-state index in [1.807, 2.05) is 0 Å². The summed E-state index contributed by atoms with van der Waals surface area (Å²) in [5, 5.41) is 3.28. The van der Waals surface area contributed by atoms with E-state index in [1.165, 1.54) is 25.7 Å². The maximum absolute atomic E-state index is 12.1. The second kappa shape index (κ2) is 7.73. The maximum Gasteiger partial charge on any atom is 0.212 e. The number of hydrogen-bond acceptors (Lipinski definition) is 4. The smallest absolute Gasteiger partial charge is 0.212 e. The molecule has 6 heteroatoms. The van der Waals surface area contributed by atoms with Crippen LogP contribution in [0.3, 0.4) is 0 Å². The summed E-state index contributed by atoms with van der Waals surface area (Å²) in [4.78, 5) is 2.22. The van der Waals surface area contributed by atoms with Gasteiger partial charge in [0.2, 0.25) is 10.0 Å². The van der Waals surface area contributed by atoms with Crippen LogP contribution in [0.25, 0.3) is 0 Å². The number of nitrogens with zero attached hydrogens (tertiary/aromatic N) is 1. The van der Waals surface area contributed by atoms with Crippen molar-refractivity contribution in [3.05, 3.63) is 0 Å². The third-order valence-corrected chi connectivity index (χ3v) is 6.07. The summed E-state index contributed by atoms with van der Waals surface area (Å²) >= 11 is 0. The van der Waals surface area contributed by atoms with Gasteiger partial charge in [0.05, 0.1) is 5.75 Å². The number of rotatable bonds is 6. The minimum Gasteiger partial charge on any atom is -0.314 e. The van der Waals surface area contributed by atoms with Gasteiger partial charge >= 0.3 is 0 Å². The van der Waals surface area contributed by atoms with Gasteiger partial charge in [-0.2, -0.15) is 0 Å². The molecule has 0 aromatic rings. The number of piperazine rings is 1. The first-order valence-corrected chi connectivity index (χ1v) is 9.62. The Labute approximate surface area is 123 Å². The van der Waals surface area contributed by atoms with Crippen molar-refractivity contribution in [3.8, 4) is 0 Å². The third kappa shape index (κ3) is 5.31. The maximum atomic E-state index is 12.1. The molecule has 2 fully saturated rings. The second-order valence-electron chi connectivity index (χ2n) is 6.28. The molecule has 0 amide bonds. The van der Waals surface area contributed by atoms with Gasteiger partial charge in [0.15, 0.2) is 0 Å². The minimum absolute atomic E-state index is 0.230. The predicted octanol–water partition coefficient (Wildman–Crippen LogP) is 0.637. The highest BCUT2D eigenvalue weighted by Gasteiger charge is 2.23. The van der Waals surface area contributed by atoms with Gasteiger partial charge in [-0.3, -0.25) is 4.90 Å². The first kappa shape index (κ1) is 16.2. The molecule has 2 atom stereocenters. The monoisotopic (exact) mass is 303 g/mol. The molecule has 0 bridgehead atoms. The molecule has 2 aliphatic rings. The van der Waals surface area contributed by atoms with Crippen LogP contribution in [0.15, 0.2) is 0 Å². The molecule has 1 heterocycles. The van der Waals surface area contributed by atoms with Crippen LogP contribution in [-0.4, -0.2) is 58.3 Å². The average molecular weight is 303 g/mol. The fraction of sp³-hybridized carbons (Fsp3) is 1.00. The largest absolute Gasteiger partial charge is 0.314 e. The highest BCUT2D eigenvalue weighted by molar-refractivity contribution is 7.89. The quantitative estimate of drug-likeness (QED) is 0.756. The third-order valence-electron chi connectivity index (χ3n) is 4.74. The van der Waals surface area contributed by atoms with Crippen molar-refractivity contribution >= 4 is 10.0 Å². The van der Waals surface area contributed by atoms with Crippen LogP contribution < -0.4 is 10.0 Å². The molecule has 1 saturated carbocycles. The van der Waals surface area contributed by atoms with Crippen LogP contribution in [-0.2, 0) is 10.0 Å². The Hall–Kier alpha value is -0.170. The van der Waals surface area contributed by atoms with E-state index in [9.17, 15) is 8.42 Å². The average Bonchev–Trinajstić information content (AvgIpc) is 2.46. The SMILES string of the molecule is CC1CCCCC1CNS(=O)(=O)CCN1CCNCC1. The number of sulfonamides is 1. The number of nitrogens with one attached hydrogen (secondary N) is 2. The lowest BCUT2D eigenvalue weighted by atomic mass is 9.81. The Morgan fingerprint density at radius 1 is 1.20 bits per heavy atom. The molecule has 1 aliphatic carbocycles. The Morgan fingerprint density at radius 2 is 1.90 bits per heavy atom. The summed E-state index contributed by atoms with van der Waals surface area (Å²) in [5.41, 5.74) is 0. The van der Waals surface area contributed by atoms with Crippen molar-refractivity contribution in [2.24, 2.45) is 11.8 Å². The van der Waals surface area contributed by atoms with Crippen molar-refractivity contribution in [2.45, 2.75) is 32.6 Å². The van der Waals surface area contributed by atoms with E-state index in [0.717, 1.165) is 26.2 Å². The van der Waals surface area contributed by atoms with E-state index in [1.54, 1.807) is 0 Å². The predicted molar refractivity (Wildman–Crippen MR) is 82.2 cm³/mol. The molecule has 0 aromatic heterocycles. The molecule has 118 valence electrons. The first-order chi connectivity index (χ1) is 9.57. The van der Waals surface area contributed by atoms with Crippen molar-refractivity contribution in [2.75, 3.05) is 45.0 Å².